The topological polar surface area (TPSA) is 73.2 Å². The van der Waals surface area contributed by atoms with E-state index in [9.17, 15) is 9.59 Å². The number of para-hydroxylation sites is 2. The van der Waals surface area contributed by atoms with E-state index in [0.717, 1.165) is 28.2 Å². The third-order valence-electron chi connectivity index (χ3n) is 5.33. The summed E-state index contributed by atoms with van der Waals surface area (Å²) in [6, 6.07) is 24.5. The van der Waals surface area contributed by atoms with E-state index in [0.29, 0.717) is 24.9 Å². The zero-order valence-electron chi connectivity index (χ0n) is 18.0. The molecule has 6 heteroatoms. The van der Waals surface area contributed by atoms with Crippen molar-refractivity contribution in [1.82, 2.24) is 14.9 Å². The van der Waals surface area contributed by atoms with Gasteiger partial charge < -0.3 is 14.6 Å². The highest BCUT2D eigenvalue weighted by atomic mass is 16.5. The minimum Gasteiger partial charge on any atom is -0.497 e. The fourth-order valence-electron chi connectivity index (χ4n) is 3.66. The van der Waals surface area contributed by atoms with Crippen molar-refractivity contribution < 1.29 is 14.3 Å². The molecule has 162 valence electrons. The van der Waals surface area contributed by atoms with Gasteiger partial charge in [-0.2, -0.15) is 0 Å². The maximum atomic E-state index is 12.8. The fraction of sp³-hybridized carbons (Fsp3) is 0.192. The molecular formula is C26H25N3O3. The molecular weight excluding hydrogens is 402 g/mol. The number of aromatic nitrogens is 2. The van der Waals surface area contributed by atoms with Crippen molar-refractivity contribution in [2.24, 2.45) is 0 Å². The van der Waals surface area contributed by atoms with Crippen LogP contribution in [0.2, 0.25) is 0 Å². The smallest absolute Gasteiger partial charge is 0.224 e. The van der Waals surface area contributed by atoms with Gasteiger partial charge in [0.15, 0.2) is 5.78 Å². The van der Waals surface area contributed by atoms with Crippen LogP contribution in [-0.2, 0) is 24.2 Å². The van der Waals surface area contributed by atoms with Gasteiger partial charge in [0.05, 0.1) is 31.1 Å². The van der Waals surface area contributed by atoms with Crippen LogP contribution in [0.4, 0.5) is 0 Å². The highest BCUT2D eigenvalue weighted by molar-refractivity contribution is 5.96. The third-order valence-corrected chi connectivity index (χ3v) is 5.33. The molecule has 0 aliphatic heterocycles. The van der Waals surface area contributed by atoms with Crippen LogP contribution in [0, 0.1) is 0 Å². The molecule has 1 aromatic heterocycles. The maximum Gasteiger partial charge on any atom is 0.224 e. The Kier molecular flexibility index (Phi) is 6.60. The lowest BCUT2D eigenvalue weighted by atomic mass is 10.1. The molecule has 0 atom stereocenters. The van der Waals surface area contributed by atoms with E-state index >= 15 is 0 Å². The molecule has 1 amide bonds. The zero-order valence-corrected chi connectivity index (χ0v) is 18.0. The van der Waals surface area contributed by atoms with Gasteiger partial charge >= 0.3 is 0 Å². The normalized spacial score (nSPS) is 10.8. The number of ether oxygens (including phenoxy) is 1. The van der Waals surface area contributed by atoms with Gasteiger partial charge in [-0.1, -0.05) is 54.6 Å². The summed E-state index contributed by atoms with van der Waals surface area (Å²) < 4.78 is 7.09. The highest BCUT2D eigenvalue weighted by Crippen LogP contribution is 2.18. The van der Waals surface area contributed by atoms with E-state index in [1.54, 1.807) is 7.11 Å². The summed E-state index contributed by atoms with van der Waals surface area (Å²) >= 11 is 0. The number of imidazole rings is 1. The molecule has 0 spiro atoms. The minimum atomic E-state index is -0.0572. The molecule has 0 radical (unpaired) electrons. The van der Waals surface area contributed by atoms with E-state index < -0.39 is 0 Å². The maximum absolute atomic E-state index is 12.8. The lowest BCUT2D eigenvalue weighted by Gasteiger charge is -2.10. The predicted octanol–water partition coefficient (Wildman–Crippen LogP) is 3.83. The van der Waals surface area contributed by atoms with Crippen molar-refractivity contribution in [3.8, 4) is 5.75 Å². The van der Waals surface area contributed by atoms with Crippen molar-refractivity contribution in [3.63, 3.8) is 0 Å². The van der Waals surface area contributed by atoms with Crippen LogP contribution < -0.4 is 10.1 Å². The number of Topliss-reactive ketones (excluding diaryl/α,β-unsaturated/α-hetero) is 1. The summed E-state index contributed by atoms with van der Waals surface area (Å²) in [5, 5.41) is 2.96. The molecule has 0 fully saturated rings. The predicted molar refractivity (Wildman–Crippen MR) is 124 cm³/mol. The van der Waals surface area contributed by atoms with Crippen LogP contribution in [0.3, 0.4) is 0 Å². The van der Waals surface area contributed by atoms with Crippen LogP contribution in [0.15, 0.2) is 78.9 Å². The van der Waals surface area contributed by atoms with Crippen molar-refractivity contribution in [1.29, 1.82) is 0 Å². The summed E-state index contributed by atoms with van der Waals surface area (Å²) in [7, 11) is 1.61. The van der Waals surface area contributed by atoms with Gasteiger partial charge in [-0.05, 0) is 29.8 Å². The number of rotatable bonds is 9. The summed E-state index contributed by atoms with van der Waals surface area (Å²) in [6.45, 7) is 0.650. The average molecular weight is 428 g/mol. The van der Waals surface area contributed by atoms with Crippen LogP contribution in [-0.4, -0.2) is 34.9 Å². The number of carbonyl (C=O) groups is 2. The molecule has 0 unspecified atom stereocenters. The molecule has 6 nitrogen and oxygen atoms in total. The zero-order chi connectivity index (χ0) is 22.3. The van der Waals surface area contributed by atoms with E-state index in [4.69, 9.17) is 9.72 Å². The van der Waals surface area contributed by atoms with E-state index in [2.05, 4.69) is 5.32 Å². The summed E-state index contributed by atoms with van der Waals surface area (Å²) in [5.41, 5.74) is 3.34. The molecule has 4 aromatic rings. The van der Waals surface area contributed by atoms with Crippen molar-refractivity contribution in [2.75, 3.05) is 13.7 Å². The second-order valence-electron chi connectivity index (χ2n) is 7.52. The molecule has 0 saturated heterocycles. The Morgan fingerprint density at radius 3 is 2.41 bits per heavy atom. The second-order valence-corrected chi connectivity index (χ2v) is 7.52. The van der Waals surface area contributed by atoms with E-state index in [-0.39, 0.29) is 18.2 Å². The highest BCUT2D eigenvalue weighted by Gasteiger charge is 2.15. The first-order chi connectivity index (χ1) is 15.6. The van der Waals surface area contributed by atoms with Gasteiger partial charge in [-0.3, -0.25) is 9.59 Å². The summed E-state index contributed by atoms with van der Waals surface area (Å²) in [5.74, 6) is 1.51. The number of hydrogen-bond donors (Lipinski definition) is 1. The molecule has 0 bridgehead atoms. The first-order valence-electron chi connectivity index (χ1n) is 10.6. The first-order valence-corrected chi connectivity index (χ1v) is 10.6. The number of ketones is 1. The van der Waals surface area contributed by atoms with Gasteiger partial charge in [0.2, 0.25) is 5.91 Å². The first kappa shape index (κ1) is 21.3. The van der Waals surface area contributed by atoms with Gasteiger partial charge in [-0.25, -0.2) is 4.98 Å². The number of carbonyl (C=O) groups excluding carboxylic acids is 2. The molecule has 0 aliphatic carbocycles. The summed E-state index contributed by atoms with van der Waals surface area (Å²) in [4.78, 5) is 29.9. The summed E-state index contributed by atoms with van der Waals surface area (Å²) in [6.07, 6.45) is 0.831. The molecule has 0 saturated carbocycles. The quantitative estimate of drug-likeness (QED) is 0.412. The number of nitrogens with zero attached hydrogens (tertiary/aromatic N) is 2. The van der Waals surface area contributed by atoms with Crippen LogP contribution >= 0.6 is 0 Å². The Labute approximate surface area is 186 Å². The number of hydrogen-bond acceptors (Lipinski definition) is 4. The van der Waals surface area contributed by atoms with Gasteiger partial charge in [0.1, 0.15) is 11.6 Å². The Morgan fingerprint density at radius 2 is 1.66 bits per heavy atom. The molecule has 32 heavy (non-hydrogen) atoms. The Hall–Kier alpha value is -3.93. The van der Waals surface area contributed by atoms with E-state index in [1.807, 2.05) is 83.4 Å². The number of nitrogens with one attached hydrogen (secondary N) is 1. The van der Waals surface area contributed by atoms with Gasteiger partial charge in [-0.15, -0.1) is 0 Å². The van der Waals surface area contributed by atoms with Crippen molar-refractivity contribution in [3.05, 3.63) is 95.8 Å². The molecule has 3 aromatic carbocycles. The monoisotopic (exact) mass is 427 g/mol. The van der Waals surface area contributed by atoms with Crippen LogP contribution in [0.5, 0.6) is 5.75 Å². The number of benzene rings is 3. The second kappa shape index (κ2) is 9.92. The molecule has 1 heterocycles. The largest absolute Gasteiger partial charge is 0.497 e. The number of amides is 1. The average Bonchev–Trinajstić information content (AvgIpc) is 3.17. The number of methoxy groups -OCH3 is 1. The lowest BCUT2D eigenvalue weighted by Crippen LogP contribution is -2.28. The number of fused-ring (bicyclic) bond motifs is 1. The third kappa shape index (κ3) is 5.03. The lowest BCUT2D eigenvalue weighted by molar-refractivity contribution is -0.120. The van der Waals surface area contributed by atoms with Crippen LogP contribution in [0.1, 0.15) is 21.7 Å². The Morgan fingerprint density at radius 1 is 0.938 bits per heavy atom. The van der Waals surface area contributed by atoms with Gasteiger partial charge in [0.25, 0.3) is 0 Å². The van der Waals surface area contributed by atoms with Gasteiger partial charge in [0, 0.05) is 18.5 Å². The standard InChI is InChI=1S/C26H25N3O3/c1-32-21-13-11-19(12-14-21)17-26(31)27-16-15-25-28-22-9-5-6-10-23(22)29(25)18-24(30)20-7-3-2-4-8-20/h2-14H,15-18H2,1H3,(H,27,31). The Bertz CT molecular complexity index is 1210. The van der Waals surface area contributed by atoms with Crippen molar-refractivity contribution in [2.45, 2.75) is 19.4 Å². The Balaban J connectivity index is 1.42. The molecule has 4 rings (SSSR count). The SMILES string of the molecule is COc1ccc(CC(=O)NCCc2nc3ccccc3n2CC(=O)c2ccccc2)cc1. The van der Waals surface area contributed by atoms with E-state index in [1.165, 1.54) is 0 Å². The minimum absolute atomic E-state index is 0.0264. The molecule has 1 N–H and O–H groups in total. The molecule has 0 aliphatic rings. The fourth-order valence-corrected chi connectivity index (χ4v) is 3.66. The van der Waals surface area contributed by atoms with Crippen LogP contribution in [0.25, 0.3) is 11.0 Å². The van der Waals surface area contributed by atoms with Crippen molar-refractivity contribution >= 4 is 22.7 Å².